The van der Waals surface area contributed by atoms with Crippen LogP contribution in [-0.2, 0) is 15.9 Å². The number of carboxylic acid groups (broad SMARTS) is 1. The highest BCUT2D eigenvalue weighted by atomic mass is 19.1. The molecule has 0 bridgehead atoms. The summed E-state index contributed by atoms with van der Waals surface area (Å²) in [5, 5.41) is 18.5. The summed E-state index contributed by atoms with van der Waals surface area (Å²) in [6.45, 7) is 4.30. The van der Waals surface area contributed by atoms with Crippen molar-refractivity contribution in [1.29, 1.82) is 0 Å². The van der Waals surface area contributed by atoms with Crippen LogP contribution in [0.3, 0.4) is 0 Å². The smallest absolute Gasteiger partial charge is 0.491 e. The zero-order valence-corrected chi connectivity index (χ0v) is 12.0. The van der Waals surface area contributed by atoms with Crippen LogP contribution in [0.5, 0.6) is 5.75 Å². The fourth-order valence-corrected chi connectivity index (χ4v) is 1.88. The van der Waals surface area contributed by atoms with Gasteiger partial charge in [-0.2, -0.15) is 0 Å². The fourth-order valence-electron chi connectivity index (χ4n) is 1.88. The molecule has 8 heteroatoms. The molecule has 1 aliphatic rings. The third-order valence-corrected chi connectivity index (χ3v) is 2.85. The number of nitrogens with two attached hydrogens (primary N) is 1. The predicted molar refractivity (Wildman–Crippen MR) is 76.1 cm³/mol. The maximum Gasteiger partial charge on any atom is 0.495 e. The standard InChI is InChI=1S/C11H13BFNO5.C2H6/c13-8-2-1-7-10(18-3-4-19-12(7)17)6(8)5-9(14)11(15)16;1-2/h1-2,9,17H,3-5,14H2,(H,15,16);1-2H3. The number of hydrogen-bond donors (Lipinski definition) is 3. The minimum atomic E-state index is -1.24. The van der Waals surface area contributed by atoms with Crippen molar-refractivity contribution in [3.05, 3.63) is 23.5 Å². The Hall–Kier alpha value is -1.64. The van der Waals surface area contributed by atoms with Gasteiger partial charge in [-0.15, -0.1) is 0 Å². The van der Waals surface area contributed by atoms with Gasteiger partial charge in [0.05, 0.1) is 6.61 Å². The summed E-state index contributed by atoms with van der Waals surface area (Å²) in [7, 11) is -1.22. The number of carbonyl (C=O) groups is 1. The lowest BCUT2D eigenvalue weighted by atomic mass is 9.77. The number of ether oxygens (including phenoxy) is 1. The Bertz CT molecular complexity index is 500. The summed E-state index contributed by atoms with van der Waals surface area (Å²) in [6, 6.07) is 1.23. The van der Waals surface area contributed by atoms with Crippen molar-refractivity contribution in [1.82, 2.24) is 0 Å². The van der Waals surface area contributed by atoms with Crippen LogP contribution in [0.2, 0.25) is 0 Å². The molecule has 21 heavy (non-hydrogen) atoms. The first-order valence-electron chi connectivity index (χ1n) is 6.73. The zero-order valence-electron chi connectivity index (χ0n) is 12.0. The maximum absolute atomic E-state index is 13.8. The van der Waals surface area contributed by atoms with Crippen molar-refractivity contribution < 1.29 is 28.7 Å². The second-order valence-electron chi connectivity index (χ2n) is 4.16. The average Bonchev–Trinajstić information content (AvgIpc) is 2.66. The minimum absolute atomic E-state index is 0.0388. The van der Waals surface area contributed by atoms with E-state index in [9.17, 15) is 14.2 Å². The summed E-state index contributed by atoms with van der Waals surface area (Å²) in [5.41, 5.74) is 5.72. The van der Waals surface area contributed by atoms with Crippen molar-refractivity contribution in [3.63, 3.8) is 0 Å². The van der Waals surface area contributed by atoms with Crippen LogP contribution in [0.25, 0.3) is 0 Å². The molecule has 0 radical (unpaired) electrons. The molecule has 0 spiro atoms. The molecule has 0 amide bonds. The van der Waals surface area contributed by atoms with Crippen LogP contribution in [-0.4, -0.2) is 42.5 Å². The van der Waals surface area contributed by atoms with Gasteiger partial charge in [-0.3, -0.25) is 4.79 Å². The Morgan fingerprint density at radius 3 is 2.76 bits per heavy atom. The number of hydrogen-bond acceptors (Lipinski definition) is 5. The van der Waals surface area contributed by atoms with Gasteiger partial charge in [0.15, 0.2) is 0 Å². The van der Waals surface area contributed by atoms with Crippen LogP contribution in [0.4, 0.5) is 4.39 Å². The first-order chi connectivity index (χ1) is 10.0. The van der Waals surface area contributed by atoms with E-state index in [1.54, 1.807) is 0 Å². The first kappa shape index (κ1) is 17.4. The van der Waals surface area contributed by atoms with E-state index in [0.717, 1.165) is 6.07 Å². The molecule has 0 aliphatic carbocycles. The largest absolute Gasteiger partial charge is 0.495 e. The monoisotopic (exact) mass is 299 g/mol. The van der Waals surface area contributed by atoms with Crippen molar-refractivity contribution >= 4 is 18.6 Å². The first-order valence-corrected chi connectivity index (χ1v) is 6.73. The van der Waals surface area contributed by atoms with Gasteiger partial charge in [0, 0.05) is 17.4 Å². The molecule has 4 N–H and O–H groups in total. The van der Waals surface area contributed by atoms with Crippen molar-refractivity contribution in [2.24, 2.45) is 5.73 Å². The third-order valence-electron chi connectivity index (χ3n) is 2.85. The van der Waals surface area contributed by atoms with E-state index in [4.69, 9.17) is 20.2 Å². The molecule has 0 aromatic heterocycles. The average molecular weight is 299 g/mol. The molecule has 1 aromatic carbocycles. The van der Waals surface area contributed by atoms with Crippen molar-refractivity contribution in [2.75, 3.05) is 13.2 Å². The summed E-state index contributed by atoms with van der Waals surface area (Å²) in [4.78, 5) is 10.8. The van der Waals surface area contributed by atoms with E-state index >= 15 is 0 Å². The zero-order chi connectivity index (χ0) is 16.0. The van der Waals surface area contributed by atoms with Gasteiger partial charge < -0.3 is 25.3 Å². The summed E-state index contributed by atoms with van der Waals surface area (Å²) >= 11 is 0. The fraction of sp³-hybridized carbons (Fsp3) is 0.462. The van der Waals surface area contributed by atoms with E-state index in [1.807, 2.05) is 13.8 Å². The molecule has 2 rings (SSSR count). The lowest BCUT2D eigenvalue weighted by molar-refractivity contribution is -0.138. The lowest BCUT2D eigenvalue weighted by Gasteiger charge is -2.15. The van der Waals surface area contributed by atoms with Gasteiger partial charge in [0.25, 0.3) is 0 Å². The van der Waals surface area contributed by atoms with Gasteiger partial charge in [-0.05, 0) is 6.07 Å². The lowest BCUT2D eigenvalue weighted by Crippen LogP contribution is -2.36. The molecule has 6 nitrogen and oxygen atoms in total. The van der Waals surface area contributed by atoms with E-state index in [1.165, 1.54) is 6.07 Å². The molecule has 1 aliphatic heterocycles. The Labute approximate surface area is 122 Å². The van der Waals surface area contributed by atoms with Crippen molar-refractivity contribution in [3.8, 4) is 5.75 Å². The molecule has 1 atom stereocenters. The van der Waals surface area contributed by atoms with Gasteiger partial charge in [0.2, 0.25) is 0 Å². The normalized spacial score (nSPS) is 15.0. The Kier molecular flexibility index (Phi) is 6.61. The van der Waals surface area contributed by atoms with Crippen LogP contribution >= 0.6 is 0 Å². The van der Waals surface area contributed by atoms with E-state index in [2.05, 4.69) is 0 Å². The number of rotatable bonds is 3. The highest BCUT2D eigenvalue weighted by Gasteiger charge is 2.29. The number of halogens is 1. The van der Waals surface area contributed by atoms with Crippen LogP contribution in [0, 0.1) is 5.82 Å². The highest BCUT2D eigenvalue weighted by molar-refractivity contribution is 6.61. The molecule has 0 saturated carbocycles. The number of aliphatic carboxylic acids is 1. The Balaban J connectivity index is 0.00000106. The molecule has 0 saturated heterocycles. The molecular weight excluding hydrogens is 280 g/mol. The quantitative estimate of drug-likeness (QED) is 0.674. The maximum atomic E-state index is 13.8. The van der Waals surface area contributed by atoms with E-state index in [-0.39, 0.29) is 36.4 Å². The summed E-state index contributed by atoms with van der Waals surface area (Å²) < 4.78 is 24.2. The topological polar surface area (TPSA) is 102 Å². The Morgan fingerprint density at radius 1 is 1.48 bits per heavy atom. The molecule has 1 unspecified atom stereocenters. The van der Waals surface area contributed by atoms with E-state index in [0.29, 0.717) is 0 Å². The van der Waals surface area contributed by atoms with Crippen LogP contribution in [0.15, 0.2) is 12.1 Å². The number of benzene rings is 1. The predicted octanol–water partition coefficient (Wildman–Crippen LogP) is -0.0972. The molecule has 116 valence electrons. The molecule has 1 heterocycles. The molecule has 0 fully saturated rings. The number of carboxylic acids is 1. The molecule has 1 aromatic rings. The molecular formula is C13H19BFNO5. The highest BCUT2D eigenvalue weighted by Crippen LogP contribution is 2.23. The van der Waals surface area contributed by atoms with Gasteiger partial charge in [0.1, 0.15) is 24.2 Å². The van der Waals surface area contributed by atoms with E-state index < -0.39 is 24.9 Å². The Morgan fingerprint density at radius 2 is 2.14 bits per heavy atom. The number of fused-ring (bicyclic) bond motifs is 1. The third kappa shape index (κ3) is 4.16. The van der Waals surface area contributed by atoms with Gasteiger partial charge >= 0.3 is 13.1 Å². The van der Waals surface area contributed by atoms with Gasteiger partial charge in [-0.1, -0.05) is 19.9 Å². The second-order valence-corrected chi connectivity index (χ2v) is 4.16. The minimum Gasteiger partial charge on any atom is -0.491 e. The summed E-state index contributed by atoms with van der Waals surface area (Å²) in [5.74, 6) is -1.74. The summed E-state index contributed by atoms with van der Waals surface area (Å²) in [6.07, 6.45) is -0.225. The van der Waals surface area contributed by atoms with Gasteiger partial charge in [-0.25, -0.2) is 4.39 Å². The van der Waals surface area contributed by atoms with Crippen LogP contribution < -0.4 is 15.9 Å². The SMILES string of the molecule is CC.NC(Cc1c(F)ccc2c1OCCOB2O)C(=O)O. The van der Waals surface area contributed by atoms with Crippen LogP contribution in [0.1, 0.15) is 19.4 Å². The second kappa shape index (κ2) is 7.97. The van der Waals surface area contributed by atoms with Crippen molar-refractivity contribution in [2.45, 2.75) is 26.3 Å².